The van der Waals surface area contributed by atoms with Gasteiger partial charge in [-0.25, -0.2) is 0 Å². The maximum Gasteiger partial charge on any atom is 0.0781 e. The molecule has 0 aliphatic rings. The normalized spacial score (nSPS) is 15.2. The highest BCUT2D eigenvalue weighted by Gasteiger charge is 2.07. The zero-order valence-corrected chi connectivity index (χ0v) is 12.2. The second kappa shape index (κ2) is 11.0. The van der Waals surface area contributed by atoms with Crippen molar-refractivity contribution in [2.24, 2.45) is 0 Å². The highest BCUT2D eigenvalue weighted by Crippen LogP contribution is 2.01. The number of unbranched alkanes of at least 4 members (excludes halogenated alkanes) is 2. The lowest BCUT2D eigenvalue weighted by molar-refractivity contribution is -0.0659. The predicted octanol–water partition coefficient (Wildman–Crippen LogP) is 3.41. The summed E-state index contributed by atoms with van der Waals surface area (Å²) in [6.45, 7) is 12.5. The van der Waals surface area contributed by atoms with Crippen LogP contribution in [0.15, 0.2) is 0 Å². The van der Waals surface area contributed by atoms with Gasteiger partial charge in [0.05, 0.1) is 31.5 Å². The Morgan fingerprint density at radius 2 is 1.35 bits per heavy atom. The summed E-state index contributed by atoms with van der Waals surface area (Å²) in [4.78, 5) is 0. The second-order valence-electron chi connectivity index (χ2n) is 4.91. The monoisotopic (exact) mass is 246 g/mol. The minimum absolute atomic E-state index is 0.138. The maximum absolute atomic E-state index is 5.66. The van der Waals surface area contributed by atoms with Gasteiger partial charge in [0.25, 0.3) is 0 Å². The molecule has 0 amide bonds. The van der Waals surface area contributed by atoms with Crippen LogP contribution in [0.2, 0.25) is 0 Å². The van der Waals surface area contributed by atoms with Crippen LogP contribution in [-0.4, -0.2) is 38.1 Å². The summed E-state index contributed by atoms with van der Waals surface area (Å²) in [7, 11) is 0. The lowest BCUT2D eigenvalue weighted by atomic mass is 10.3. The molecule has 0 saturated carbocycles. The molecule has 0 N–H and O–H groups in total. The third kappa shape index (κ3) is 12.1. The molecule has 0 rings (SSSR count). The molecule has 17 heavy (non-hydrogen) atoms. The molecule has 0 aliphatic heterocycles. The first-order valence-corrected chi connectivity index (χ1v) is 6.91. The summed E-state index contributed by atoms with van der Waals surface area (Å²) in [5, 5.41) is 0. The SMILES string of the molecule is CCCCCOC(C)COC(C)COC(C)C. The molecule has 0 heterocycles. The number of hydrogen-bond donors (Lipinski definition) is 0. The lowest BCUT2D eigenvalue weighted by Gasteiger charge is -2.18. The van der Waals surface area contributed by atoms with Crippen LogP contribution in [0.1, 0.15) is 53.9 Å². The van der Waals surface area contributed by atoms with E-state index in [9.17, 15) is 0 Å². The van der Waals surface area contributed by atoms with Crippen LogP contribution in [0.3, 0.4) is 0 Å². The van der Waals surface area contributed by atoms with Crippen molar-refractivity contribution >= 4 is 0 Å². The first kappa shape index (κ1) is 16.9. The predicted molar refractivity (Wildman–Crippen MR) is 71.4 cm³/mol. The molecule has 0 spiro atoms. The number of hydrogen-bond acceptors (Lipinski definition) is 3. The van der Waals surface area contributed by atoms with Crippen molar-refractivity contribution in [3.63, 3.8) is 0 Å². The van der Waals surface area contributed by atoms with Gasteiger partial charge in [0.2, 0.25) is 0 Å². The number of rotatable bonds is 11. The average Bonchev–Trinajstić information content (AvgIpc) is 2.29. The van der Waals surface area contributed by atoms with Crippen LogP contribution < -0.4 is 0 Å². The van der Waals surface area contributed by atoms with Crippen LogP contribution in [0.4, 0.5) is 0 Å². The highest BCUT2D eigenvalue weighted by atomic mass is 16.6. The first-order chi connectivity index (χ1) is 8.06. The van der Waals surface area contributed by atoms with E-state index in [1.165, 1.54) is 12.8 Å². The van der Waals surface area contributed by atoms with Crippen molar-refractivity contribution < 1.29 is 14.2 Å². The quantitative estimate of drug-likeness (QED) is 0.523. The molecule has 0 radical (unpaired) electrons. The van der Waals surface area contributed by atoms with E-state index in [1.807, 2.05) is 20.8 Å². The summed E-state index contributed by atoms with van der Waals surface area (Å²) in [6, 6.07) is 0. The average molecular weight is 246 g/mol. The Morgan fingerprint density at radius 1 is 0.765 bits per heavy atom. The fourth-order valence-electron chi connectivity index (χ4n) is 1.36. The summed E-state index contributed by atoms with van der Waals surface area (Å²) >= 11 is 0. The molecule has 0 bridgehead atoms. The molecule has 0 fully saturated rings. The topological polar surface area (TPSA) is 27.7 Å². The molecular weight excluding hydrogens is 216 g/mol. The zero-order valence-electron chi connectivity index (χ0n) is 12.2. The Bertz CT molecular complexity index is 160. The Hall–Kier alpha value is -0.120. The van der Waals surface area contributed by atoms with E-state index in [2.05, 4.69) is 13.8 Å². The van der Waals surface area contributed by atoms with Gasteiger partial charge in [-0.2, -0.15) is 0 Å². The molecule has 0 aromatic rings. The van der Waals surface area contributed by atoms with Gasteiger partial charge in [0, 0.05) is 6.61 Å². The molecule has 3 heteroatoms. The third-order valence-corrected chi connectivity index (χ3v) is 2.43. The van der Waals surface area contributed by atoms with E-state index in [0.29, 0.717) is 13.2 Å². The zero-order chi connectivity index (χ0) is 13.1. The summed E-state index contributed by atoms with van der Waals surface area (Å²) in [6.07, 6.45) is 4.20. The highest BCUT2D eigenvalue weighted by molar-refractivity contribution is 4.53. The largest absolute Gasteiger partial charge is 0.376 e. The smallest absolute Gasteiger partial charge is 0.0781 e. The molecule has 0 aromatic heterocycles. The van der Waals surface area contributed by atoms with E-state index in [0.717, 1.165) is 13.0 Å². The van der Waals surface area contributed by atoms with Crippen molar-refractivity contribution in [3.8, 4) is 0 Å². The van der Waals surface area contributed by atoms with Gasteiger partial charge in [0.15, 0.2) is 0 Å². The fourth-order valence-corrected chi connectivity index (χ4v) is 1.36. The van der Waals surface area contributed by atoms with Crippen LogP contribution >= 0.6 is 0 Å². The van der Waals surface area contributed by atoms with Gasteiger partial charge in [-0.3, -0.25) is 0 Å². The summed E-state index contributed by atoms with van der Waals surface area (Å²) < 4.78 is 16.8. The standard InChI is InChI=1S/C14H30O3/c1-6-7-8-9-15-13(4)11-17-14(5)10-16-12(2)3/h12-14H,6-11H2,1-5H3. The summed E-state index contributed by atoms with van der Waals surface area (Å²) in [5.41, 5.74) is 0. The molecule has 0 aromatic carbocycles. The number of ether oxygens (including phenoxy) is 3. The molecule has 2 unspecified atom stereocenters. The van der Waals surface area contributed by atoms with Gasteiger partial charge in [0.1, 0.15) is 0 Å². The van der Waals surface area contributed by atoms with Crippen molar-refractivity contribution in [2.75, 3.05) is 19.8 Å². The minimum atomic E-state index is 0.138. The Morgan fingerprint density at radius 3 is 1.94 bits per heavy atom. The molecule has 2 atom stereocenters. The van der Waals surface area contributed by atoms with E-state index in [1.54, 1.807) is 0 Å². The minimum Gasteiger partial charge on any atom is -0.376 e. The van der Waals surface area contributed by atoms with E-state index < -0.39 is 0 Å². The van der Waals surface area contributed by atoms with E-state index >= 15 is 0 Å². The Labute approximate surface area is 107 Å². The lowest BCUT2D eigenvalue weighted by Crippen LogP contribution is -2.24. The Kier molecular flexibility index (Phi) is 10.9. The summed E-state index contributed by atoms with van der Waals surface area (Å²) in [5.74, 6) is 0. The van der Waals surface area contributed by atoms with Crippen LogP contribution in [0.25, 0.3) is 0 Å². The molecule has 0 aliphatic carbocycles. The van der Waals surface area contributed by atoms with Gasteiger partial charge in [-0.15, -0.1) is 0 Å². The first-order valence-electron chi connectivity index (χ1n) is 6.91. The molecule has 0 saturated heterocycles. The van der Waals surface area contributed by atoms with Crippen LogP contribution in [0, 0.1) is 0 Å². The van der Waals surface area contributed by atoms with Crippen molar-refractivity contribution in [3.05, 3.63) is 0 Å². The molecule has 3 nitrogen and oxygen atoms in total. The Balaban J connectivity index is 3.38. The third-order valence-electron chi connectivity index (χ3n) is 2.43. The molecule has 104 valence electrons. The van der Waals surface area contributed by atoms with Crippen molar-refractivity contribution in [1.29, 1.82) is 0 Å². The molecular formula is C14H30O3. The van der Waals surface area contributed by atoms with Gasteiger partial charge < -0.3 is 14.2 Å². The van der Waals surface area contributed by atoms with Crippen LogP contribution in [-0.2, 0) is 14.2 Å². The van der Waals surface area contributed by atoms with E-state index in [-0.39, 0.29) is 18.3 Å². The van der Waals surface area contributed by atoms with Gasteiger partial charge in [-0.1, -0.05) is 19.8 Å². The van der Waals surface area contributed by atoms with Gasteiger partial charge in [-0.05, 0) is 34.1 Å². The van der Waals surface area contributed by atoms with Crippen molar-refractivity contribution in [1.82, 2.24) is 0 Å². The van der Waals surface area contributed by atoms with Crippen LogP contribution in [0.5, 0.6) is 0 Å². The van der Waals surface area contributed by atoms with Gasteiger partial charge >= 0.3 is 0 Å². The fraction of sp³-hybridized carbons (Fsp3) is 1.00. The maximum atomic E-state index is 5.66. The van der Waals surface area contributed by atoms with E-state index in [4.69, 9.17) is 14.2 Å². The second-order valence-corrected chi connectivity index (χ2v) is 4.91. The van der Waals surface area contributed by atoms with Crippen molar-refractivity contribution in [2.45, 2.75) is 72.2 Å².